The molecule has 2 atom stereocenters. The highest BCUT2D eigenvalue weighted by molar-refractivity contribution is 5.13. The lowest BCUT2D eigenvalue weighted by molar-refractivity contribution is 0.0430. The fraction of sp³-hybridized carbons (Fsp3) is 0.667. The number of rotatable bonds is 7. The minimum Gasteiger partial charge on any atom is -0.389 e. The zero-order chi connectivity index (χ0) is 13.6. The molecule has 1 rings (SSSR count). The number of nitrogens with zero attached hydrogens (tertiary/aromatic N) is 1. The van der Waals surface area contributed by atoms with Crippen LogP contribution in [-0.2, 0) is 0 Å². The summed E-state index contributed by atoms with van der Waals surface area (Å²) in [7, 11) is 0. The van der Waals surface area contributed by atoms with Crippen LogP contribution in [0.5, 0.6) is 0 Å². The normalized spacial score (nSPS) is 16.6. The summed E-state index contributed by atoms with van der Waals surface area (Å²) in [4.78, 5) is 4.01. The van der Waals surface area contributed by atoms with Crippen molar-refractivity contribution >= 4 is 0 Å². The van der Waals surface area contributed by atoms with Crippen molar-refractivity contribution in [3.05, 3.63) is 30.1 Å². The standard InChI is InChI=1S/C15H26N2O/c1-12(2)5-8-15(4,18)11-17-13(3)14-6-9-16-10-7-14/h6-7,9-10,12-13,17-18H,5,8,11H2,1-4H3. The smallest absolute Gasteiger partial charge is 0.0743 e. The molecular formula is C15H26N2O. The van der Waals surface area contributed by atoms with E-state index in [2.05, 4.69) is 31.1 Å². The predicted octanol–water partition coefficient (Wildman–Crippen LogP) is 2.92. The average Bonchev–Trinajstić information content (AvgIpc) is 2.35. The summed E-state index contributed by atoms with van der Waals surface area (Å²) in [6.45, 7) is 8.99. The molecule has 0 saturated heterocycles. The van der Waals surface area contributed by atoms with Gasteiger partial charge in [-0.2, -0.15) is 0 Å². The van der Waals surface area contributed by atoms with Crippen molar-refractivity contribution in [1.82, 2.24) is 10.3 Å². The maximum atomic E-state index is 10.3. The monoisotopic (exact) mass is 250 g/mol. The van der Waals surface area contributed by atoms with Crippen molar-refractivity contribution in [2.24, 2.45) is 5.92 Å². The van der Waals surface area contributed by atoms with E-state index in [0.717, 1.165) is 12.8 Å². The van der Waals surface area contributed by atoms with Gasteiger partial charge in [0.15, 0.2) is 0 Å². The number of nitrogens with one attached hydrogen (secondary N) is 1. The lowest BCUT2D eigenvalue weighted by Crippen LogP contribution is -2.39. The number of aliphatic hydroxyl groups is 1. The maximum absolute atomic E-state index is 10.3. The Balaban J connectivity index is 2.39. The van der Waals surface area contributed by atoms with E-state index >= 15 is 0 Å². The second-order valence-electron chi connectivity index (χ2n) is 5.81. The first kappa shape index (κ1) is 15.1. The molecule has 2 unspecified atom stereocenters. The quantitative estimate of drug-likeness (QED) is 0.782. The van der Waals surface area contributed by atoms with Gasteiger partial charge in [0.05, 0.1) is 5.60 Å². The molecule has 0 aliphatic rings. The second-order valence-corrected chi connectivity index (χ2v) is 5.81. The van der Waals surface area contributed by atoms with Gasteiger partial charge < -0.3 is 10.4 Å². The summed E-state index contributed by atoms with van der Waals surface area (Å²) in [5.74, 6) is 0.633. The van der Waals surface area contributed by atoms with E-state index in [0.29, 0.717) is 12.5 Å². The van der Waals surface area contributed by atoms with Crippen molar-refractivity contribution in [2.45, 2.75) is 52.2 Å². The highest BCUT2D eigenvalue weighted by Crippen LogP contribution is 2.17. The van der Waals surface area contributed by atoms with Gasteiger partial charge in [0.2, 0.25) is 0 Å². The van der Waals surface area contributed by atoms with Crippen molar-refractivity contribution in [3.8, 4) is 0 Å². The molecule has 0 amide bonds. The van der Waals surface area contributed by atoms with Crippen LogP contribution in [0.15, 0.2) is 24.5 Å². The first-order chi connectivity index (χ1) is 8.41. The van der Waals surface area contributed by atoms with Crippen molar-refractivity contribution in [2.75, 3.05) is 6.54 Å². The van der Waals surface area contributed by atoms with Gasteiger partial charge >= 0.3 is 0 Å². The Morgan fingerprint density at radius 2 is 1.89 bits per heavy atom. The van der Waals surface area contributed by atoms with E-state index < -0.39 is 5.60 Å². The van der Waals surface area contributed by atoms with E-state index in [1.54, 1.807) is 12.4 Å². The minimum absolute atomic E-state index is 0.235. The molecule has 3 heteroatoms. The number of aromatic nitrogens is 1. The van der Waals surface area contributed by atoms with E-state index in [1.165, 1.54) is 5.56 Å². The summed E-state index contributed by atoms with van der Waals surface area (Å²) in [6, 6.07) is 4.24. The Labute approximate surface area is 111 Å². The Hall–Kier alpha value is -0.930. The van der Waals surface area contributed by atoms with E-state index in [-0.39, 0.29) is 6.04 Å². The largest absolute Gasteiger partial charge is 0.389 e. The van der Waals surface area contributed by atoms with Crippen LogP contribution in [0, 0.1) is 5.92 Å². The van der Waals surface area contributed by atoms with Crippen LogP contribution in [0.1, 0.15) is 52.1 Å². The Kier molecular flexibility index (Phi) is 5.76. The van der Waals surface area contributed by atoms with Gasteiger partial charge in [-0.15, -0.1) is 0 Å². The fourth-order valence-electron chi connectivity index (χ4n) is 1.83. The number of hydrogen-bond donors (Lipinski definition) is 2. The van der Waals surface area contributed by atoms with Gasteiger partial charge in [0, 0.05) is 25.0 Å². The number of hydrogen-bond acceptors (Lipinski definition) is 3. The van der Waals surface area contributed by atoms with Crippen LogP contribution in [-0.4, -0.2) is 22.2 Å². The van der Waals surface area contributed by atoms with Crippen molar-refractivity contribution in [1.29, 1.82) is 0 Å². The van der Waals surface area contributed by atoms with Crippen LogP contribution in [0.25, 0.3) is 0 Å². The van der Waals surface area contributed by atoms with Gasteiger partial charge in [-0.3, -0.25) is 4.98 Å². The maximum Gasteiger partial charge on any atom is 0.0743 e. The lowest BCUT2D eigenvalue weighted by Gasteiger charge is -2.27. The third-order valence-corrected chi connectivity index (χ3v) is 3.26. The van der Waals surface area contributed by atoms with Gasteiger partial charge in [-0.05, 0) is 50.3 Å². The SMILES string of the molecule is CC(C)CCC(C)(O)CNC(C)c1ccncc1. The molecule has 0 saturated carbocycles. The summed E-state index contributed by atoms with van der Waals surface area (Å²) in [6.07, 6.45) is 5.48. The minimum atomic E-state index is -0.633. The van der Waals surface area contributed by atoms with Crippen molar-refractivity contribution in [3.63, 3.8) is 0 Å². The summed E-state index contributed by atoms with van der Waals surface area (Å²) < 4.78 is 0. The summed E-state index contributed by atoms with van der Waals surface area (Å²) in [5.41, 5.74) is 0.565. The molecule has 0 radical (unpaired) electrons. The molecule has 0 fully saturated rings. The van der Waals surface area contributed by atoms with Crippen LogP contribution in [0.3, 0.4) is 0 Å². The summed E-state index contributed by atoms with van der Waals surface area (Å²) >= 11 is 0. The molecule has 3 nitrogen and oxygen atoms in total. The predicted molar refractivity (Wildman–Crippen MR) is 75.4 cm³/mol. The molecule has 1 heterocycles. The molecule has 102 valence electrons. The molecular weight excluding hydrogens is 224 g/mol. The first-order valence-electron chi connectivity index (χ1n) is 6.76. The molecule has 0 spiro atoms. The molecule has 0 aliphatic heterocycles. The van der Waals surface area contributed by atoms with E-state index in [4.69, 9.17) is 0 Å². The van der Waals surface area contributed by atoms with E-state index in [1.807, 2.05) is 19.1 Å². The van der Waals surface area contributed by atoms with Gasteiger partial charge in [-0.25, -0.2) is 0 Å². The van der Waals surface area contributed by atoms with Crippen molar-refractivity contribution < 1.29 is 5.11 Å². The van der Waals surface area contributed by atoms with Crippen LogP contribution >= 0.6 is 0 Å². The Morgan fingerprint density at radius 3 is 2.44 bits per heavy atom. The van der Waals surface area contributed by atoms with Crippen LogP contribution in [0.2, 0.25) is 0 Å². The first-order valence-corrected chi connectivity index (χ1v) is 6.76. The Bertz CT molecular complexity index is 336. The lowest BCUT2D eigenvalue weighted by atomic mass is 9.95. The molecule has 18 heavy (non-hydrogen) atoms. The van der Waals surface area contributed by atoms with Gasteiger partial charge in [0.1, 0.15) is 0 Å². The average molecular weight is 250 g/mol. The van der Waals surface area contributed by atoms with Crippen LogP contribution < -0.4 is 5.32 Å². The Morgan fingerprint density at radius 1 is 1.28 bits per heavy atom. The second kappa shape index (κ2) is 6.86. The topological polar surface area (TPSA) is 45.1 Å². The molecule has 2 N–H and O–H groups in total. The highest BCUT2D eigenvalue weighted by Gasteiger charge is 2.21. The highest BCUT2D eigenvalue weighted by atomic mass is 16.3. The third kappa shape index (κ3) is 5.61. The molecule has 0 aliphatic carbocycles. The zero-order valence-corrected chi connectivity index (χ0v) is 12.0. The number of pyridine rings is 1. The zero-order valence-electron chi connectivity index (χ0n) is 12.0. The van der Waals surface area contributed by atoms with E-state index in [9.17, 15) is 5.11 Å². The van der Waals surface area contributed by atoms with Gasteiger partial charge in [0.25, 0.3) is 0 Å². The molecule has 0 aromatic carbocycles. The molecule has 1 aromatic heterocycles. The fourth-order valence-corrected chi connectivity index (χ4v) is 1.83. The van der Waals surface area contributed by atoms with Crippen LogP contribution in [0.4, 0.5) is 0 Å². The molecule has 1 aromatic rings. The third-order valence-electron chi connectivity index (χ3n) is 3.26. The molecule has 0 bridgehead atoms. The summed E-state index contributed by atoms with van der Waals surface area (Å²) in [5, 5.41) is 13.7. The van der Waals surface area contributed by atoms with Gasteiger partial charge in [-0.1, -0.05) is 13.8 Å².